The predicted octanol–water partition coefficient (Wildman–Crippen LogP) is 3.26. The van der Waals surface area contributed by atoms with E-state index in [1.165, 1.54) is 0 Å². The monoisotopic (exact) mass is 286 g/mol. The molecule has 6 heteroatoms. The maximum absolute atomic E-state index is 12.5. The van der Waals surface area contributed by atoms with Crippen molar-refractivity contribution in [3.05, 3.63) is 29.6 Å². The highest BCUT2D eigenvalue weighted by Gasteiger charge is 2.34. The first-order valence-electron chi connectivity index (χ1n) is 6.60. The first-order valence-corrected chi connectivity index (χ1v) is 6.60. The van der Waals surface area contributed by atoms with Crippen molar-refractivity contribution in [3.8, 4) is 0 Å². The van der Waals surface area contributed by atoms with Crippen molar-refractivity contribution in [2.75, 3.05) is 0 Å². The van der Waals surface area contributed by atoms with Crippen molar-refractivity contribution < 1.29 is 18.0 Å². The zero-order valence-corrected chi connectivity index (χ0v) is 11.4. The highest BCUT2D eigenvalue weighted by molar-refractivity contribution is 5.94. The van der Waals surface area contributed by atoms with Crippen LogP contribution in [0.15, 0.2) is 18.5 Å². The van der Waals surface area contributed by atoms with Crippen LogP contribution >= 0.6 is 0 Å². The maximum Gasteiger partial charge on any atom is 0.417 e. The minimum Gasteiger partial charge on any atom is -0.349 e. The van der Waals surface area contributed by atoms with Crippen molar-refractivity contribution in [1.29, 1.82) is 0 Å². The lowest BCUT2D eigenvalue weighted by molar-refractivity contribution is -0.137. The number of aromatic nitrogens is 1. The predicted molar refractivity (Wildman–Crippen MR) is 68.1 cm³/mol. The van der Waals surface area contributed by atoms with Gasteiger partial charge in [-0.25, -0.2) is 0 Å². The van der Waals surface area contributed by atoms with Gasteiger partial charge in [0.25, 0.3) is 5.91 Å². The number of rotatable bonds is 3. The fourth-order valence-electron chi connectivity index (χ4n) is 2.31. The van der Waals surface area contributed by atoms with Crippen LogP contribution < -0.4 is 5.32 Å². The molecule has 0 aliphatic heterocycles. The number of amides is 1. The van der Waals surface area contributed by atoms with E-state index < -0.39 is 17.6 Å². The molecule has 2 rings (SSSR count). The Hall–Kier alpha value is -1.59. The fraction of sp³-hybridized carbons (Fsp3) is 0.571. The molecule has 1 aromatic rings. The third-order valence-corrected chi connectivity index (χ3v) is 3.78. The second kappa shape index (κ2) is 5.42. The van der Waals surface area contributed by atoms with Gasteiger partial charge in [-0.15, -0.1) is 0 Å². The second-order valence-electron chi connectivity index (χ2n) is 5.61. The molecule has 110 valence electrons. The van der Waals surface area contributed by atoms with Crippen molar-refractivity contribution in [2.45, 2.75) is 38.9 Å². The molecule has 1 saturated carbocycles. The average Bonchev–Trinajstić information content (AvgIpc) is 2.31. The molecular formula is C14H17F3N2O. The summed E-state index contributed by atoms with van der Waals surface area (Å²) in [5.41, 5.74) is -0.952. The highest BCUT2D eigenvalue weighted by Crippen LogP contribution is 2.34. The molecule has 1 fully saturated rings. The Morgan fingerprint density at radius 3 is 2.55 bits per heavy atom. The van der Waals surface area contributed by atoms with E-state index in [0.29, 0.717) is 11.8 Å². The standard InChI is InChI=1S/C14H17F3N2O/c1-8(2)9-4-12(5-9)19-13(20)10-3-11(7-18-6-10)14(15,16)17/h3,6-9,12H,4-5H2,1-2H3,(H,19,20)/t9-,12-. The normalized spacial score (nSPS) is 22.5. The molecule has 0 bridgehead atoms. The molecule has 1 N–H and O–H groups in total. The third-order valence-electron chi connectivity index (χ3n) is 3.78. The molecule has 0 unspecified atom stereocenters. The van der Waals surface area contributed by atoms with Crippen LogP contribution in [0.5, 0.6) is 0 Å². The topological polar surface area (TPSA) is 42.0 Å². The molecule has 1 aliphatic rings. The lowest BCUT2D eigenvalue weighted by atomic mass is 9.73. The molecule has 1 heterocycles. The summed E-state index contributed by atoms with van der Waals surface area (Å²) in [6, 6.07) is 0.894. The number of carbonyl (C=O) groups is 1. The zero-order valence-electron chi connectivity index (χ0n) is 11.4. The summed E-state index contributed by atoms with van der Waals surface area (Å²) in [6.45, 7) is 4.25. The van der Waals surface area contributed by atoms with Gasteiger partial charge in [0.05, 0.1) is 11.1 Å². The number of pyridine rings is 1. The summed E-state index contributed by atoms with van der Waals surface area (Å²) in [5.74, 6) is 0.661. The number of carbonyl (C=O) groups excluding carboxylic acids is 1. The maximum atomic E-state index is 12.5. The van der Waals surface area contributed by atoms with Crippen LogP contribution in [0.4, 0.5) is 13.2 Å². The minimum absolute atomic E-state index is 0.0483. The van der Waals surface area contributed by atoms with Gasteiger partial charge in [0, 0.05) is 18.4 Å². The van der Waals surface area contributed by atoms with E-state index in [2.05, 4.69) is 24.1 Å². The molecule has 1 aliphatic carbocycles. The molecule has 0 atom stereocenters. The zero-order chi connectivity index (χ0) is 14.9. The third kappa shape index (κ3) is 3.29. The van der Waals surface area contributed by atoms with E-state index in [1.54, 1.807) is 0 Å². The van der Waals surface area contributed by atoms with Crippen molar-refractivity contribution in [2.24, 2.45) is 11.8 Å². The molecule has 1 aromatic heterocycles. The summed E-state index contributed by atoms with van der Waals surface area (Å²) in [6.07, 6.45) is -0.841. The van der Waals surface area contributed by atoms with Crippen LogP contribution in [0.25, 0.3) is 0 Å². The van der Waals surface area contributed by atoms with E-state index in [4.69, 9.17) is 0 Å². The van der Waals surface area contributed by atoms with Gasteiger partial charge in [0.1, 0.15) is 0 Å². The van der Waals surface area contributed by atoms with Gasteiger partial charge in [-0.05, 0) is 30.7 Å². The van der Waals surface area contributed by atoms with Gasteiger partial charge in [0.2, 0.25) is 0 Å². The molecule has 1 amide bonds. The Bertz CT molecular complexity index is 493. The first kappa shape index (κ1) is 14.8. The quantitative estimate of drug-likeness (QED) is 0.926. The Kier molecular flexibility index (Phi) is 4.01. The number of alkyl halides is 3. The van der Waals surface area contributed by atoms with Crippen LogP contribution in [-0.2, 0) is 6.18 Å². The Labute approximate surface area is 115 Å². The van der Waals surface area contributed by atoms with Crippen molar-refractivity contribution >= 4 is 5.91 Å². The van der Waals surface area contributed by atoms with Crippen LogP contribution in [-0.4, -0.2) is 16.9 Å². The molecule has 0 aromatic carbocycles. The van der Waals surface area contributed by atoms with Crippen molar-refractivity contribution in [3.63, 3.8) is 0 Å². The van der Waals surface area contributed by atoms with Crippen molar-refractivity contribution in [1.82, 2.24) is 10.3 Å². The first-order chi connectivity index (χ1) is 9.27. The summed E-state index contributed by atoms with van der Waals surface area (Å²) < 4.78 is 37.6. The number of halogens is 3. The van der Waals surface area contributed by atoms with Crippen LogP contribution in [0.1, 0.15) is 42.6 Å². The van der Waals surface area contributed by atoms with Crippen LogP contribution in [0, 0.1) is 11.8 Å². The van der Waals surface area contributed by atoms with E-state index in [1.807, 2.05) is 0 Å². The number of nitrogens with zero attached hydrogens (tertiary/aromatic N) is 1. The number of hydrogen-bond acceptors (Lipinski definition) is 2. The fourth-order valence-corrected chi connectivity index (χ4v) is 2.31. The molecule has 0 radical (unpaired) electrons. The van der Waals surface area contributed by atoms with Gasteiger partial charge in [0.15, 0.2) is 0 Å². The second-order valence-corrected chi connectivity index (χ2v) is 5.61. The molecule has 0 saturated heterocycles. The summed E-state index contributed by atoms with van der Waals surface area (Å²) >= 11 is 0. The summed E-state index contributed by atoms with van der Waals surface area (Å²) in [7, 11) is 0. The number of nitrogens with one attached hydrogen (secondary N) is 1. The summed E-state index contributed by atoms with van der Waals surface area (Å²) in [4.78, 5) is 15.4. The highest BCUT2D eigenvalue weighted by atomic mass is 19.4. The SMILES string of the molecule is CC(C)[C@H]1C[C@H](NC(=O)c2cncc(C(F)(F)F)c2)C1. The lowest BCUT2D eigenvalue weighted by Gasteiger charge is -2.38. The van der Waals surface area contributed by atoms with Gasteiger partial charge in [-0.2, -0.15) is 13.2 Å². The van der Waals surface area contributed by atoms with Crippen LogP contribution in [0.3, 0.4) is 0 Å². The Balaban J connectivity index is 1.97. The number of hydrogen-bond donors (Lipinski definition) is 1. The minimum atomic E-state index is -4.48. The van der Waals surface area contributed by atoms with Gasteiger partial charge < -0.3 is 5.32 Å². The van der Waals surface area contributed by atoms with Gasteiger partial charge >= 0.3 is 6.18 Å². The largest absolute Gasteiger partial charge is 0.417 e. The smallest absolute Gasteiger partial charge is 0.349 e. The van der Waals surface area contributed by atoms with E-state index in [9.17, 15) is 18.0 Å². The molecule has 3 nitrogen and oxygen atoms in total. The van der Waals surface area contributed by atoms with Gasteiger partial charge in [-0.1, -0.05) is 13.8 Å². The molecular weight excluding hydrogens is 269 g/mol. The van der Waals surface area contributed by atoms with E-state index >= 15 is 0 Å². The lowest BCUT2D eigenvalue weighted by Crippen LogP contribution is -2.45. The average molecular weight is 286 g/mol. The summed E-state index contributed by atoms with van der Waals surface area (Å²) in [5, 5.41) is 2.75. The molecule has 20 heavy (non-hydrogen) atoms. The Morgan fingerprint density at radius 2 is 2.00 bits per heavy atom. The van der Waals surface area contributed by atoms with E-state index in [-0.39, 0.29) is 11.6 Å². The molecule has 0 spiro atoms. The van der Waals surface area contributed by atoms with Crippen LogP contribution in [0.2, 0.25) is 0 Å². The Morgan fingerprint density at radius 1 is 1.35 bits per heavy atom. The van der Waals surface area contributed by atoms with E-state index in [0.717, 1.165) is 31.3 Å². The van der Waals surface area contributed by atoms with Gasteiger partial charge in [-0.3, -0.25) is 9.78 Å².